The van der Waals surface area contributed by atoms with E-state index in [4.69, 9.17) is 4.74 Å². The average molecular weight is 227 g/mol. The van der Waals surface area contributed by atoms with Crippen molar-refractivity contribution in [2.75, 3.05) is 13.7 Å². The highest BCUT2D eigenvalue weighted by Crippen LogP contribution is 2.21. The third-order valence-corrected chi connectivity index (χ3v) is 1.91. The van der Waals surface area contributed by atoms with Gasteiger partial charge in [0, 0.05) is 20.1 Å². The van der Waals surface area contributed by atoms with Crippen molar-refractivity contribution in [3.63, 3.8) is 0 Å². The third-order valence-electron chi connectivity index (χ3n) is 1.91. The number of ether oxygens (including phenoxy) is 1. The van der Waals surface area contributed by atoms with Gasteiger partial charge < -0.3 is 10.1 Å². The van der Waals surface area contributed by atoms with Crippen LogP contribution in [-0.2, 0) is 9.53 Å². The van der Waals surface area contributed by atoms with E-state index in [1.165, 1.54) is 7.11 Å². The van der Waals surface area contributed by atoms with Gasteiger partial charge in [-0.1, -0.05) is 0 Å². The number of hydrogen-bond acceptors (Lipinski definition) is 2. The lowest BCUT2D eigenvalue weighted by atomic mass is 10.2. The van der Waals surface area contributed by atoms with Crippen LogP contribution in [0.4, 0.5) is 13.2 Å². The van der Waals surface area contributed by atoms with E-state index in [0.717, 1.165) is 0 Å². The zero-order valence-corrected chi connectivity index (χ0v) is 8.86. The van der Waals surface area contributed by atoms with Crippen molar-refractivity contribution in [1.29, 1.82) is 0 Å². The molecule has 0 aromatic rings. The molecule has 1 N–H and O–H groups in total. The molecule has 0 aliphatic rings. The first-order chi connectivity index (χ1) is 6.87. The molecule has 0 radical (unpaired) electrons. The molecule has 0 saturated heterocycles. The summed E-state index contributed by atoms with van der Waals surface area (Å²) in [7, 11) is 1.40. The van der Waals surface area contributed by atoms with Crippen molar-refractivity contribution in [3.8, 4) is 0 Å². The maximum absolute atomic E-state index is 11.7. The van der Waals surface area contributed by atoms with Crippen molar-refractivity contribution in [3.05, 3.63) is 0 Å². The van der Waals surface area contributed by atoms with Gasteiger partial charge in [-0.05, 0) is 19.8 Å². The molecule has 0 bridgehead atoms. The lowest BCUT2D eigenvalue weighted by Crippen LogP contribution is -2.34. The van der Waals surface area contributed by atoms with Gasteiger partial charge in [-0.15, -0.1) is 0 Å². The number of carbonyl (C=O) groups excluding carboxylic acids is 1. The van der Waals surface area contributed by atoms with Gasteiger partial charge in [0.15, 0.2) is 0 Å². The van der Waals surface area contributed by atoms with E-state index in [-0.39, 0.29) is 18.9 Å². The Kier molecular flexibility index (Phi) is 6.31. The molecule has 1 amide bonds. The van der Waals surface area contributed by atoms with Crippen LogP contribution >= 0.6 is 0 Å². The van der Waals surface area contributed by atoms with Gasteiger partial charge in [-0.3, -0.25) is 4.79 Å². The predicted octanol–water partition coefficient (Wildman–Crippen LogP) is 1.87. The number of rotatable bonds is 6. The molecule has 0 aliphatic carbocycles. The van der Waals surface area contributed by atoms with E-state index in [0.29, 0.717) is 6.42 Å². The number of alkyl halides is 3. The van der Waals surface area contributed by atoms with Gasteiger partial charge in [0.05, 0.1) is 0 Å². The molecule has 0 aliphatic heterocycles. The standard InChI is InChI=1S/C9H16F3NO2/c1-7(15-2)8(14)13-6-4-3-5-9(10,11)12/h7H,3-6H2,1-2H3,(H,13,14). The fourth-order valence-electron chi connectivity index (χ4n) is 0.913. The summed E-state index contributed by atoms with van der Waals surface area (Å²) >= 11 is 0. The third kappa shape index (κ3) is 8.23. The summed E-state index contributed by atoms with van der Waals surface area (Å²) in [6.45, 7) is 1.83. The quantitative estimate of drug-likeness (QED) is 0.703. The van der Waals surface area contributed by atoms with Crippen molar-refractivity contribution in [2.24, 2.45) is 0 Å². The molecule has 15 heavy (non-hydrogen) atoms. The van der Waals surface area contributed by atoms with Crippen LogP contribution in [0.3, 0.4) is 0 Å². The van der Waals surface area contributed by atoms with Crippen molar-refractivity contribution in [2.45, 2.75) is 38.5 Å². The summed E-state index contributed by atoms with van der Waals surface area (Å²) < 4.78 is 39.9. The highest BCUT2D eigenvalue weighted by Gasteiger charge is 2.25. The number of nitrogens with one attached hydrogen (secondary N) is 1. The zero-order chi connectivity index (χ0) is 11.9. The first-order valence-electron chi connectivity index (χ1n) is 4.74. The predicted molar refractivity (Wildman–Crippen MR) is 49.4 cm³/mol. The minimum absolute atomic E-state index is 0.0329. The topological polar surface area (TPSA) is 38.3 Å². The number of hydrogen-bond donors (Lipinski definition) is 1. The minimum atomic E-state index is -4.11. The van der Waals surface area contributed by atoms with Gasteiger partial charge in [0.1, 0.15) is 6.10 Å². The molecule has 0 saturated carbocycles. The van der Waals surface area contributed by atoms with Gasteiger partial charge in [0.2, 0.25) is 5.91 Å². The van der Waals surface area contributed by atoms with Gasteiger partial charge >= 0.3 is 6.18 Å². The molecule has 0 fully saturated rings. The highest BCUT2D eigenvalue weighted by molar-refractivity contribution is 5.80. The van der Waals surface area contributed by atoms with E-state index in [1.807, 2.05) is 0 Å². The number of amides is 1. The second kappa shape index (κ2) is 6.66. The van der Waals surface area contributed by atoms with Crippen LogP contribution in [-0.4, -0.2) is 31.8 Å². The molecule has 0 aromatic heterocycles. The van der Waals surface area contributed by atoms with Crippen LogP contribution in [0.25, 0.3) is 0 Å². The van der Waals surface area contributed by atoms with E-state index in [1.54, 1.807) is 6.92 Å². The van der Waals surface area contributed by atoms with Crippen LogP contribution in [0.2, 0.25) is 0 Å². The first kappa shape index (κ1) is 14.2. The van der Waals surface area contributed by atoms with E-state index >= 15 is 0 Å². The summed E-state index contributed by atoms with van der Waals surface area (Å²) in [6, 6.07) is 0. The summed E-state index contributed by atoms with van der Waals surface area (Å²) in [5.41, 5.74) is 0. The second-order valence-corrected chi connectivity index (χ2v) is 3.24. The van der Waals surface area contributed by atoms with Crippen molar-refractivity contribution >= 4 is 5.91 Å². The lowest BCUT2D eigenvalue weighted by Gasteiger charge is -2.10. The summed E-state index contributed by atoms with van der Waals surface area (Å²) in [5, 5.41) is 2.49. The van der Waals surface area contributed by atoms with Crippen molar-refractivity contribution in [1.82, 2.24) is 5.32 Å². The molecule has 1 unspecified atom stereocenters. The van der Waals surface area contributed by atoms with Crippen molar-refractivity contribution < 1.29 is 22.7 Å². The Bertz CT molecular complexity index is 194. The largest absolute Gasteiger partial charge is 0.389 e. The fraction of sp³-hybridized carbons (Fsp3) is 0.889. The summed E-state index contributed by atoms with van der Waals surface area (Å²) in [6.07, 6.45) is -5.12. The monoisotopic (exact) mass is 227 g/mol. The van der Waals surface area contributed by atoms with Gasteiger partial charge in [-0.25, -0.2) is 0 Å². The lowest BCUT2D eigenvalue weighted by molar-refractivity contribution is -0.135. The number of carbonyl (C=O) groups is 1. The molecule has 1 atom stereocenters. The van der Waals surface area contributed by atoms with Gasteiger partial charge in [-0.2, -0.15) is 13.2 Å². The van der Waals surface area contributed by atoms with E-state index in [2.05, 4.69) is 5.32 Å². The van der Waals surface area contributed by atoms with Crippen LogP contribution in [0.15, 0.2) is 0 Å². The van der Waals surface area contributed by atoms with E-state index < -0.39 is 18.7 Å². The fourth-order valence-corrected chi connectivity index (χ4v) is 0.913. The Balaban J connectivity index is 3.43. The Morgan fingerprint density at radius 3 is 2.47 bits per heavy atom. The van der Waals surface area contributed by atoms with Crippen LogP contribution in [0.1, 0.15) is 26.2 Å². The zero-order valence-electron chi connectivity index (χ0n) is 8.86. The van der Waals surface area contributed by atoms with Crippen LogP contribution in [0, 0.1) is 0 Å². The maximum Gasteiger partial charge on any atom is 0.389 e. The van der Waals surface area contributed by atoms with Gasteiger partial charge in [0.25, 0.3) is 0 Å². The molecule has 0 heterocycles. The Labute approximate surface area is 87.0 Å². The number of halogens is 3. The molecule has 6 heteroatoms. The Morgan fingerprint density at radius 1 is 1.40 bits per heavy atom. The van der Waals surface area contributed by atoms with Crippen LogP contribution < -0.4 is 5.32 Å². The second-order valence-electron chi connectivity index (χ2n) is 3.24. The normalized spacial score (nSPS) is 13.7. The maximum atomic E-state index is 11.7. The minimum Gasteiger partial charge on any atom is -0.372 e. The molecule has 0 spiro atoms. The number of methoxy groups -OCH3 is 1. The molecule has 0 rings (SSSR count). The Morgan fingerprint density at radius 2 is 2.00 bits per heavy atom. The Hall–Kier alpha value is -0.780. The molecular weight excluding hydrogens is 211 g/mol. The summed E-state index contributed by atoms with van der Waals surface area (Å²) in [5.74, 6) is -0.301. The molecule has 0 aromatic carbocycles. The molecular formula is C9H16F3NO2. The SMILES string of the molecule is COC(C)C(=O)NCCCCC(F)(F)F. The first-order valence-corrected chi connectivity index (χ1v) is 4.74. The highest BCUT2D eigenvalue weighted by atomic mass is 19.4. The van der Waals surface area contributed by atoms with Crippen LogP contribution in [0.5, 0.6) is 0 Å². The molecule has 3 nitrogen and oxygen atoms in total. The number of unbranched alkanes of at least 4 members (excludes halogenated alkanes) is 1. The average Bonchev–Trinajstić information content (AvgIpc) is 2.14. The smallest absolute Gasteiger partial charge is 0.372 e. The molecule has 90 valence electrons. The van der Waals surface area contributed by atoms with E-state index in [9.17, 15) is 18.0 Å². The summed E-state index contributed by atoms with van der Waals surface area (Å²) in [4.78, 5) is 11.1.